The summed E-state index contributed by atoms with van der Waals surface area (Å²) in [6.07, 6.45) is 6.94. The van der Waals surface area contributed by atoms with Crippen LogP contribution in [0.15, 0.2) is 0 Å². The van der Waals surface area contributed by atoms with E-state index in [0.717, 1.165) is 19.6 Å². The maximum Gasteiger partial charge on any atom is 0.147 e. The molecule has 2 aliphatic rings. The van der Waals surface area contributed by atoms with Crippen molar-refractivity contribution in [3.05, 3.63) is 0 Å². The normalized spacial score (nSPS) is 29.0. The smallest absolute Gasteiger partial charge is 0.147 e. The fourth-order valence-electron chi connectivity index (χ4n) is 2.38. The quantitative estimate of drug-likeness (QED) is 0.731. The van der Waals surface area contributed by atoms with Crippen molar-refractivity contribution in [2.75, 3.05) is 26.5 Å². The second-order valence-electron chi connectivity index (χ2n) is 4.98. The Morgan fingerprint density at radius 1 is 1.40 bits per heavy atom. The van der Waals surface area contributed by atoms with Crippen molar-refractivity contribution in [2.45, 2.75) is 45.1 Å². The topological polar surface area (TPSA) is 30.5 Å². The number of rotatable bonds is 6. The second kappa shape index (κ2) is 5.28. The Hall–Kier alpha value is -0.120. The fraction of sp³-hybridized carbons (Fsp3) is 1.00. The summed E-state index contributed by atoms with van der Waals surface area (Å²) in [6.45, 7) is 5.79. The van der Waals surface area contributed by atoms with Gasteiger partial charge in [0.2, 0.25) is 0 Å². The predicted octanol–water partition coefficient (Wildman–Crippen LogP) is 1.92. The molecule has 15 heavy (non-hydrogen) atoms. The second-order valence-corrected chi connectivity index (χ2v) is 4.98. The van der Waals surface area contributed by atoms with E-state index >= 15 is 0 Å². The SMILES string of the molecule is CCCC1(CNCC2CCOCO2)CC1. The average Bonchev–Trinajstić information content (AvgIpc) is 3.00. The van der Waals surface area contributed by atoms with Gasteiger partial charge in [0.15, 0.2) is 0 Å². The monoisotopic (exact) mass is 213 g/mol. The highest BCUT2D eigenvalue weighted by atomic mass is 16.7. The Morgan fingerprint density at radius 2 is 2.27 bits per heavy atom. The Morgan fingerprint density at radius 3 is 2.87 bits per heavy atom. The molecular formula is C12H23NO2. The molecule has 1 N–H and O–H groups in total. The van der Waals surface area contributed by atoms with Gasteiger partial charge in [0.05, 0.1) is 12.7 Å². The Balaban J connectivity index is 1.58. The Bertz CT molecular complexity index is 186. The highest BCUT2D eigenvalue weighted by molar-refractivity contribution is 4.94. The summed E-state index contributed by atoms with van der Waals surface area (Å²) in [5.74, 6) is 0. The lowest BCUT2D eigenvalue weighted by atomic mass is 10.0. The zero-order valence-corrected chi connectivity index (χ0v) is 9.76. The first-order chi connectivity index (χ1) is 7.35. The summed E-state index contributed by atoms with van der Waals surface area (Å²) < 4.78 is 10.6. The molecular weight excluding hydrogens is 190 g/mol. The van der Waals surface area contributed by atoms with Gasteiger partial charge in [0.25, 0.3) is 0 Å². The molecule has 2 rings (SSSR count). The molecule has 0 radical (unpaired) electrons. The van der Waals surface area contributed by atoms with Gasteiger partial charge in [0, 0.05) is 13.1 Å². The van der Waals surface area contributed by atoms with E-state index in [1.54, 1.807) is 0 Å². The number of nitrogens with one attached hydrogen (secondary N) is 1. The molecule has 1 aliphatic heterocycles. The highest BCUT2D eigenvalue weighted by Crippen LogP contribution is 2.48. The minimum absolute atomic E-state index is 0.371. The Kier molecular flexibility index (Phi) is 4.00. The fourth-order valence-corrected chi connectivity index (χ4v) is 2.38. The molecule has 3 nitrogen and oxygen atoms in total. The van der Waals surface area contributed by atoms with E-state index in [0.29, 0.717) is 18.3 Å². The lowest BCUT2D eigenvalue weighted by Crippen LogP contribution is -2.36. The lowest BCUT2D eigenvalue weighted by Gasteiger charge is -2.24. The zero-order chi connectivity index (χ0) is 10.6. The number of ether oxygens (including phenoxy) is 2. The minimum Gasteiger partial charge on any atom is -0.355 e. The molecule has 88 valence electrons. The molecule has 3 heteroatoms. The van der Waals surface area contributed by atoms with Crippen molar-refractivity contribution in [3.8, 4) is 0 Å². The van der Waals surface area contributed by atoms with Crippen LogP contribution in [-0.2, 0) is 9.47 Å². The standard InChI is InChI=1S/C12H23NO2/c1-2-4-12(5-6-12)9-13-8-11-3-7-14-10-15-11/h11,13H,2-10H2,1H3. The van der Waals surface area contributed by atoms with E-state index < -0.39 is 0 Å². The minimum atomic E-state index is 0.371. The summed E-state index contributed by atoms with van der Waals surface area (Å²) in [5.41, 5.74) is 0.653. The van der Waals surface area contributed by atoms with E-state index in [9.17, 15) is 0 Å². The third kappa shape index (κ3) is 3.44. The van der Waals surface area contributed by atoms with Crippen LogP contribution < -0.4 is 5.32 Å². The molecule has 1 saturated carbocycles. The molecule has 0 aromatic heterocycles. The molecule has 0 bridgehead atoms. The van der Waals surface area contributed by atoms with Gasteiger partial charge in [-0.1, -0.05) is 13.3 Å². The maximum absolute atomic E-state index is 5.49. The van der Waals surface area contributed by atoms with Gasteiger partial charge in [-0.2, -0.15) is 0 Å². The van der Waals surface area contributed by atoms with Crippen LogP contribution in [0.5, 0.6) is 0 Å². The van der Waals surface area contributed by atoms with Crippen molar-refractivity contribution in [1.29, 1.82) is 0 Å². The molecule has 1 atom stereocenters. The van der Waals surface area contributed by atoms with Gasteiger partial charge >= 0.3 is 0 Å². The van der Waals surface area contributed by atoms with Crippen LogP contribution in [0.25, 0.3) is 0 Å². The molecule has 1 aliphatic carbocycles. The first-order valence-corrected chi connectivity index (χ1v) is 6.25. The van der Waals surface area contributed by atoms with Crippen molar-refractivity contribution in [3.63, 3.8) is 0 Å². The lowest BCUT2D eigenvalue weighted by molar-refractivity contribution is -0.137. The summed E-state index contributed by atoms with van der Waals surface area (Å²) in [4.78, 5) is 0. The van der Waals surface area contributed by atoms with E-state index in [4.69, 9.17) is 9.47 Å². The van der Waals surface area contributed by atoms with Gasteiger partial charge in [-0.05, 0) is 31.1 Å². The van der Waals surface area contributed by atoms with Gasteiger partial charge in [0.1, 0.15) is 6.79 Å². The molecule has 0 amide bonds. The molecule has 1 heterocycles. The third-order valence-corrected chi connectivity index (χ3v) is 3.58. The number of hydrogen-bond donors (Lipinski definition) is 1. The van der Waals surface area contributed by atoms with Crippen LogP contribution >= 0.6 is 0 Å². The summed E-state index contributed by atoms with van der Waals surface area (Å²) in [5, 5.41) is 3.56. The summed E-state index contributed by atoms with van der Waals surface area (Å²) in [6, 6.07) is 0. The van der Waals surface area contributed by atoms with Crippen LogP contribution in [0, 0.1) is 5.41 Å². The Labute approximate surface area is 92.5 Å². The molecule has 0 aromatic rings. The number of hydrogen-bond acceptors (Lipinski definition) is 3. The third-order valence-electron chi connectivity index (χ3n) is 3.58. The van der Waals surface area contributed by atoms with Gasteiger partial charge in [-0.3, -0.25) is 0 Å². The predicted molar refractivity (Wildman–Crippen MR) is 59.8 cm³/mol. The summed E-state index contributed by atoms with van der Waals surface area (Å²) in [7, 11) is 0. The van der Waals surface area contributed by atoms with E-state index in [1.165, 1.54) is 32.2 Å². The largest absolute Gasteiger partial charge is 0.355 e. The molecule has 1 unspecified atom stereocenters. The van der Waals surface area contributed by atoms with Crippen molar-refractivity contribution < 1.29 is 9.47 Å². The first-order valence-electron chi connectivity index (χ1n) is 6.25. The average molecular weight is 213 g/mol. The van der Waals surface area contributed by atoms with Crippen molar-refractivity contribution in [2.24, 2.45) is 5.41 Å². The van der Waals surface area contributed by atoms with Crippen LogP contribution in [-0.4, -0.2) is 32.6 Å². The van der Waals surface area contributed by atoms with E-state index in [2.05, 4.69) is 12.2 Å². The van der Waals surface area contributed by atoms with Crippen LogP contribution in [0.3, 0.4) is 0 Å². The van der Waals surface area contributed by atoms with Gasteiger partial charge in [-0.15, -0.1) is 0 Å². The molecule has 1 saturated heterocycles. The van der Waals surface area contributed by atoms with Crippen LogP contribution in [0.2, 0.25) is 0 Å². The maximum atomic E-state index is 5.49. The van der Waals surface area contributed by atoms with Crippen LogP contribution in [0.1, 0.15) is 39.0 Å². The van der Waals surface area contributed by atoms with Gasteiger partial charge in [-0.25, -0.2) is 0 Å². The molecule has 2 fully saturated rings. The highest BCUT2D eigenvalue weighted by Gasteiger charge is 2.40. The zero-order valence-electron chi connectivity index (χ0n) is 9.76. The molecule has 0 aromatic carbocycles. The van der Waals surface area contributed by atoms with E-state index in [1.807, 2.05) is 0 Å². The van der Waals surface area contributed by atoms with Crippen molar-refractivity contribution in [1.82, 2.24) is 5.32 Å². The molecule has 0 spiro atoms. The summed E-state index contributed by atoms with van der Waals surface area (Å²) >= 11 is 0. The van der Waals surface area contributed by atoms with Crippen molar-refractivity contribution >= 4 is 0 Å². The van der Waals surface area contributed by atoms with Crippen LogP contribution in [0.4, 0.5) is 0 Å². The van der Waals surface area contributed by atoms with E-state index in [-0.39, 0.29) is 0 Å². The first kappa shape index (κ1) is 11.4. The van der Waals surface area contributed by atoms with Gasteiger partial charge < -0.3 is 14.8 Å².